The van der Waals surface area contributed by atoms with Gasteiger partial charge in [-0.25, -0.2) is 5.01 Å². The van der Waals surface area contributed by atoms with Crippen molar-refractivity contribution in [3.63, 3.8) is 0 Å². The second-order valence-corrected chi connectivity index (χ2v) is 8.90. The standard InChI is InChI=1S/C23H15BrClN3O2/c24-14-6-8-18-17(10-14)23(22(29)26-18)28-20(16-11-15(25)7-9-21(16)30-23)12-19(27-28)13-4-2-1-3-5-13/h1-11,20H,12H2,(H,26,29)/t20-,23-/m1/s1. The van der Waals surface area contributed by atoms with Gasteiger partial charge in [0, 0.05) is 21.5 Å². The largest absolute Gasteiger partial charge is 0.453 e. The van der Waals surface area contributed by atoms with Gasteiger partial charge in [0.05, 0.1) is 23.0 Å². The third-order valence-electron chi connectivity index (χ3n) is 5.83. The van der Waals surface area contributed by atoms with Gasteiger partial charge in [-0.05, 0) is 42.0 Å². The molecule has 0 saturated heterocycles. The Morgan fingerprint density at radius 3 is 2.80 bits per heavy atom. The summed E-state index contributed by atoms with van der Waals surface area (Å²) in [5.41, 5.74) is 2.96. The highest BCUT2D eigenvalue weighted by atomic mass is 79.9. The molecule has 5 nitrogen and oxygen atoms in total. The molecule has 3 aromatic rings. The predicted octanol–water partition coefficient (Wildman–Crippen LogP) is 5.45. The average Bonchev–Trinajstić information content (AvgIpc) is 3.31. The number of carbonyl (C=O) groups excluding carboxylic acids is 1. The molecule has 0 bridgehead atoms. The summed E-state index contributed by atoms with van der Waals surface area (Å²) in [4.78, 5) is 13.4. The van der Waals surface area contributed by atoms with E-state index in [0.29, 0.717) is 17.2 Å². The zero-order valence-electron chi connectivity index (χ0n) is 15.6. The van der Waals surface area contributed by atoms with Crippen molar-refractivity contribution in [3.8, 4) is 5.75 Å². The SMILES string of the molecule is O=C1Nc2ccc(Br)cc2[C@@]12Oc1ccc(Cl)cc1[C@H]1CC(c3ccccc3)=NN12. The zero-order valence-corrected chi connectivity index (χ0v) is 17.9. The molecular formula is C23H15BrClN3O2. The second kappa shape index (κ2) is 6.33. The topological polar surface area (TPSA) is 53.9 Å². The van der Waals surface area contributed by atoms with Gasteiger partial charge in [0.25, 0.3) is 5.91 Å². The molecule has 2 atom stereocenters. The van der Waals surface area contributed by atoms with Gasteiger partial charge in [-0.3, -0.25) is 4.79 Å². The Morgan fingerprint density at radius 1 is 1.13 bits per heavy atom. The van der Waals surface area contributed by atoms with Crippen LogP contribution in [0, 0.1) is 0 Å². The number of hydrogen-bond acceptors (Lipinski definition) is 4. The number of rotatable bonds is 1. The van der Waals surface area contributed by atoms with Gasteiger partial charge < -0.3 is 10.1 Å². The van der Waals surface area contributed by atoms with E-state index < -0.39 is 5.72 Å². The Bertz CT molecular complexity index is 1250. The van der Waals surface area contributed by atoms with E-state index in [9.17, 15) is 4.79 Å². The first kappa shape index (κ1) is 18.0. The quantitative estimate of drug-likeness (QED) is 0.504. The van der Waals surface area contributed by atoms with Crippen LogP contribution in [-0.4, -0.2) is 16.6 Å². The van der Waals surface area contributed by atoms with Crippen LogP contribution in [0.4, 0.5) is 5.69 Å². The molecule has 3 aromatic carbocycles. The van der Waals surface area contributed by atoms with Gasteiger partial charge in [-0.1, -0.05) is 57.9 Å². The van der Waals surface area contributed by atoms with E-state index in [1.54, 1.807) is 6.07 Å². The van der Waals surface area contributed by atoms with E-state index in [1.165, 1.54) is 0 Å². The molecule has 3 heterocycles. The number of amides is 1. The summed E-state index contributed by atoms with van der Waals surface area (Å²) in [5.74, 6) is 0.396. The van der Waals surface area contributed by atoms with Crippen molar-refractivity contribution in [2.75, 3.05) is 5.32 Å². The highest BCUT2D eigenvalue weighted by Crippen LogP contribution is 2.54. The number of anilines is 1. The normalized spacial score (nSPS) is 23.4. The fourth-order valence-corrected chi connectivity index (χ4v) is 5.03. The van der Waals surface area contributed by atoms with Gasteiger partial charge >= 0.3 is 5.72 Å². The lowest BCUT2D eigenvalue weighted by Crippen LogP contribution is -2.55. The third kappa shape index (κ3) is 2.41. The van der Waals surface area contributed by atoms with Gasteiger partial charge in [0.2, 0.25) is 0 Å². The first-order valence-electron chi connectivity index (χ1n) is 9.58. The van der Waals surface area contributed by atoms with Gasteiger partial charge in [0.15, 0.2) is 0 Å². The minimum atomic E-state index is -1.37. The van der Waals surface area contributed by atoms with E-state index in [4.69, 9.17) is 21.4 Å². The highest BCUT2D eigenvalue weighted by molar-refractivity contribution is 9.10. The molecule has 1 N–H and O–H groups in total. The van der Waals surface area contributed by atoms with Crippen molar-refractivity contribution in [2.24, 2.45) is 5.10 Å². The van der Waals surface area contributed by atoms with Crippen molar-refractivity contribution in [3.05, 3.63) is 92.9 Å². The molecule has 1 amide bonds. The highest BCUT2D eigenvalue weighted by Gasteiger charge is 2.61. The number of benzene rings is 3. The first-order chi connectivity index (χ1) is 14.6. The van der Waals surface area contributed by atoms with Gasteiger partial charge in [0.1, 0.15) is 5.75 Å². The van der Waals surface area contributed by atoms with E-state index >= 15 is 0 Å². The minimum absolute atomic E-state index is 0.168. The molecule has 0 fully saturated rings. The lowest BCUT2D eigenvalue weighted by Gasteiger charge is -2.44. The summed E-state index contributed by atoms with van der Waals surface area (Å²) >= 11 is 9.84. The van der Waals surface area contributed by atoms with Crippen LogP contribution in [0.25, 0.3) is 0 Å². The van der Waals surface area contributed by atoms with Crippen LogP contribution in [0.2, 0.25) is 5.02 Å². The zero-order chi connectivity index (χ0) is 20.5. The smallest absolute Gasteiger partial charge is 0.306 e. The predicted molar refractivity (Wildman–Crippen MR) is 119 cm³/mol. The fourth-order valence-electron chi connectivity index (χ4n) is 4.49. The molecule has 0 unspecified atom stereocenters. The monoisotopic (exact) mass is 479 g/mol. The summed E-state index contributed by atoms with van der Waals surface area (Å²) in [7, 11) is 0. The van der Waals surface area contributed by atoms with Crippen LogP contribution in [-0.2, 0) is 10.5 Å². The van der Waals surface area contributed by atoms with E-state index in [-0.39, 0.29) is 11.9 Å². The van der Waals surface area contributed by atoms with Crippen LogP contribution >= 0.6 is 27.5 Å². The maximum absolute atomic E-state index is 13.4. The van der Waals surface area contributed by atoms with E-state index in [1.807, 2.05) is 65.7 Å². The maximum atomic E-state index is 13.4. The molecule has 0 aromatic heterocycles. The number of ether oxygens (including phenoxy) is 1. The summed E-state index contributed by atoms with van der Waals surface area (Å²) in [6.07, 6.45) is 0.652. The van der Waals surface area contributed by atoms with Crippen molar-refractivity contribution in [2.45, 2.75) is 18.2 Å². The summed E-state index contributed by atoms with van der Waals surface area (Å²) < 4.78 is 7.32. The molecular weight excluding hydrogens is 466 g/mol. The summed E-state index contributed by atoms with van der Waals surface area (Å²) in [6.45, 7) is 0. The summed E-state index contributed by atoms with van der Waals surface area (Å²) in [5, 5.41) is 10.3. The number of halogens is 2. The number of hydrogen-bond donors (Lipinski definition) is 1. The Morgan fingerprint density at radius 2 is 1.97 bits per heavy atom. The number of carbonyl (C=O) groups is 1. The molecule has 1 spiro atoms. The van der Waals surface area contributed by atoms with Crippen molar-refractivity contribution >= 4 is 44.8 Å². The Hall–Kier alpha value is -2.83. The van der Waals surface area contributed by atoms with Crippen molar-refractivity contribution in [1.82, 2.24) is 5.01 Å². The van der Waals surface area contributed by atoms with Gasteiger partial charge in [-0.15, -0.1) is 0 Å². The van der Waals surface area contributed by atoms with Gasteiger partial charge in [-0.2, -0.15) is 5.10 Å². The average molecular weight is 481 g/mol. The van der Waals surface area contributed by atoms with Crippen molar-refractivity contribution in [1.29, 1.82) is 0 Å². The second-order valence-electron chi connectivity index (χ2n) is 7.55. The number of hydrazone groups is 1. The third-order valence-corrected chi connectivity index (χ3v) is 6.56. The molecule has 3 aliphatic rings. The molecule has 7 heteroatoms. The van der Waals surface area contributed by atoms with E-state index in [0.717, 1.165) is 32.6 Å². The van der Waals surface area contributed by atoms with Crippen LogP contribution in [0.1, 0.15) is 29.2 Å². The lowest BCUT2D eigenvalue weighted by atomic mass is 9.92. The molecule has 6 rings (SSSR count). The number of fused-ring (bicyclic) bond motifs is 6. The Labute approximate surface area is 186 Å². The maximum Gasteiger partial charge on any atom is 0.306 e. The molecule has 0 radical (unpaired) electrons. The molecule has 30 heavy (non-hydrogen) atoms. The molecule has 3 aliphatic heterocycles. The van der Waals surface area contributed by atoms with Crippen LogP contribution in [0.3, 0.4) is 0 Å². The number of nitrogens with one attached hydrogen (secondary N) is 1. The Balaban J connectivity index is 1.60. The lowest BCUT2D eigenvalue weighted by molar-refractivity contribution is -0.161. The Kier molecular flexibility index (Phi) is 3.80. The van der Waals surface area contributed by atoms with Crippen LogP contribution in [0.15, 0.2) is 76.3 Å². The molecule has 148 valence electrons. The fraction of sp³-hybridized carbons (Fsp3) is 0.130. The summed E-state index contributed by atoms with van der Waals surface area (Å²) in [6, 6.07) is 21.1. The first-order valence-corrected chi connectivity index (χ1v) is 10.8. The number of nitrogens with zero attached hydrogens (tertiary/aromatic N) is 2. The van der Waals surface area contributed by atoms with E-state index in [2.05, 4.69) is 21.2 Å². The molecule has 0 saturated carbocycles. The molecule has 0 aliphatic carbocycles. The van der Waals surface area contributed by atoms with Crippen molar-refractivity contribution < 1.29 is 9.53 Å². The van der Waals surface area contributed by atoms with Crippen LogP contribution in [0.5, 0.6) is 5.75 Å². The minimum Gasteiger partial charge on any atom is -0.453 e. The van der Waals surface area contributed by atoms with Crippen LogP contribution < -0.4 is 10.1 Å².